The van der Waals surface area contributed by atoms with Crippen molar-refractivity contribution in [3.63, 3.8) is 0 Å². The summed E-state index contributed by atoms with van der Waals surface area (Å²) in [6, 6.07) is 13.7. The van der Waals surface area contributed by atoms with E-state index in [1.165, 1.54) is 24.3 Å². The third-order valence-corrected chi connectivity index (χ3v) is 12.7. The summed E-state index contributed by atoms with van der Waals surface area (Å²) in [4.78, 5) is 47.9. The molecule has 52 heavy (non-hydrogen) atoms. The average molecular weight is 769 g/mol. The largest absolute Gasteiger partial charge is 0.456 e. The molecule has 15 heteroatoms. The first-order valence-corrected chi connectivity index (χ1v) is 19.5. The second kappa shape index (κ2) is 15.1. The number of imide groups is 1. The average Bonchev–Trinajstić information content (AvgIpc) is 3.67. The lowest BCUT2D eigenvalue weighted by molar-refractivity contribution is -0.128. The zero-order valence-electron chi connectivity index (χ0n) is 28.3. The predicted octanol–water partition coefficient (Wildman–Crippen LogP) is 6.07. The van der Waals surface area contributed by atoms with Gasteiger partial charge in [0, 0.05) is 49.2 Å². The fraction of sp³-hybridized carbons (Fsp3) is 0.378. The quantitative estimate of drug-likeness (QED) is 0.184. The summed E-state index contributed by atoms with van der Waals surface area (Å²) in [5.41, 5.74) is 7.43. The minimum Gasteiger partial charge on any atom is -0.456 e. The lowest BCUT2D eigenvalue weighted by Crippen LogP contribution is -2.42. The molecule has 3 aliphatic rings. The number of hydrogen-bond donors (Lipinski definition) is 2. The van der Waals surface area contributed by atoms with Crippen LogP contribution in [0, 0.1) is 11.8 Å². The number of aromatic nitrogens is 1. The number of para-hydroxylation sites is 1. The Kier molecular flexibility index (Phi) is 10.5. The smallest absolute Gasteiger partial charge is 0.341 e. The van der Waals surface area contributed by atoms with E-state index in [0.717, 1.165) is 41.5 Å². The van der Waals surface area contributed by atoms with Gasteiger partial charge in [0.25, 0.3) is 21.8 Å². The number of rotatable bonds is 10. The Morgan fingerprint density at radius 3 is 2.52 bits per heavy atom. The summed E-state index contributed by atoms with van der Waals surface area (Å²) in [5.74, 6) is -0.444. The van der Waals surface area contributed by atoms with Crippen LogP contribution in [0.15, 0.2) is 71.8 Å². The van der Waals surface area contributed by atoms with Crippen molar-refractivity contribution < 1.29 is 32.3 Å². The van der Waals surface area contributed by atoms with Crippen molar-refractivity contribution >= 4 is 62.0 Å². The van der Waals surface area contributed by atoms with E-state index in [4.69, 9.17) is 38.4 Å². The SMILES string of the molecule is NCC1CCCC(CN2C(=O)C(Cc3c[nH]c4ccccc34)N(S(=O)(=O)c3ccc(Oc4ccc(Cl)c(Cl)c4)c(C(=O)N4CCOCC4)c3)C2=O)C1. The molecule has 0 radical (unpaired) electrons. The van der Waals surface area contributed by atoms with Gasteiger partial charge in [-0.1, -0.05) is 47.8 Å². The number of fused-ring (bicyclic) bond motifs is 1. The predicted molar refractivity (Wildman–Crippen MR) is 196 cm³/mol. The zero-order valence-corrected chi connectivity index (χ0v) is 30.6. The van der Waals surface area contributed by atoms with Gasteiger partial charge in [0.2, 0.25) is 0 Å². The second-order valence-corrected chi connectivity index (χ2v) is 16.1. The number of aromatic amines is 1. The van der Waals surface area contributed by atoms with Crippen LogP contribution in [0.5, 0.6) is 11.5 Å². The Morgan fingerprint density at radius 2 is 1.75 bits per heavy atom. The number of ether oxygens (including phenoxy) is 2. The Bertz CT molecular complexity index is 2120. The lowest BCUT2D eigenvalue weighted by atomic mass is 9.81. The second-order valence-electron chi connectivity index (χ2n) is 13.5. The molecule has 3 fully saturated rings. The Morgan fingerprint density at radius 1 is 0.981 bits per heavy atom. The van der Waals surface area contributed by atoms with Crippen LogP contribution >= 0.6 is 23.2 Å². The molecule has 3 atom stereocenters. The Hall–Kier alpha value is -4.14. The molecule has 4 aromatic rings. The van der Waals surface area contributed by atoms with Gasteiger partial charge in [-0.05, 0) is 79.6 Å². The van der Waals surface area contributed by atoms with Crippen LogP contribution < -0.4 is 10.5 Å². The zero-order chi connectivity index (χ0) is 36.6. The molecule has 1 saturated carbocycles. The molecule has 3 unspecified atom stereocenters. The van der Waals surface area contributed by atoms with E-state index in [1.54, 1.807) is 23.2 Å². The van der Waals surface area contributed by atoms with Crippen molar-refractivity contribution in [1.29, 1.82) is 0 Å². The van der Waals surface area contributed by atoms with Crippen molar-refractivity contribution in [3.8, 4) is 11.5 Å². The van der Waals surface area contributed by atoms with Gasteiger partial charge in [-0.2, -0.15) is 0 Å². The van der Waals surface area contributed by atoms with Gasteiger partial charge < -0.3 is 25.1 Å². The van der Waals surface area contributed by atoms with E-state index in [-0.39, 0.29) is 64.9 Å². The van der Waals surface area contributed by atoms with Crippen LogP contribution in [0.1, 0.15) is 41.6 Å². The third-order valence-electron chi connectivity index (χ3n) is 10.2. The molecular formula is C37H39Cl2N5O7S. The molecule has 4 amide bonds. The first-order chi connectivity index (χ1) is 25.0. The van der Waals surface area contributed by atoms with Crippen molar-refractivity contribution in [2.45, 2.75) is 43.0 Å². The number of halogens is 2. The molecule has 12 nitrogen and oxygen atoms in total. The highest BCUT2D eigenvalue weighted by atomic mass is 35.5. The van der Waals surface area contributed by atoms with Crippen molar-refractivity contribution in [3.05, 3.63) is 88.0 Å². The van der Waals surface area contributed by atoms with Gasteiger partial charge in [0.15, 0.2) is 0 Å². The Labute approximate surface area is 311 Å². The summed E-state index contributed by atoms with van der Waals surface area (Å²) in [5, 5.41) is 1.36. The topological polar surface area (TPSA) is 155 Å². The highest BCUT2D eigenvalue weighted by Crippen LogP contribution is 2.37. The fourth-order valence-corrected chi connectivity index (χ4v) is 9.25. The van der Waals surface area contributed by atoms with Crippen molar-refractivity contribution in [2.24, 2.45) is 17.6 Å². The van der Waals surface area contributed by atoms with Crippen LogP contribution in [0.2, 0.25) is 10.0 Å². The van der Waals surface area contributed by atoms with Crippen LogP contribution in [0.4, 0.5) is 4.79 Å². The molecule has 3 N–H and O–H groups in total. The van der Waals surface area contributed by atoms with E-state index in [0.29, 0.717) is 34.6 Å². The van der Waals surface area contributed by atoms with Gasteiger partial charge in [0.05, 0.1) is 33.7 Å². The number of carbonyl (C=O) groups is 3. The molecule has 7 rings (SSSR count). The minimum absolute atomic E-state index is 0.00198. The number of H-pyrrole nitrogens is 1. The van der Waals surface area contributed by atoms with Gasteiger partial charge in [-0.3, -0.25) is 14.5 Å². The highest BCUT2D eigenvalue weighted by molar-refractivity contribution is 7.89. The molecular weight excluding hydrogens is 729 g/mol. The number of carbonyl (C=O) groups excluding carboxylic acids is 3. The molecule has 0 spiro atoms. The van der Waals surface area contributed by atoms with Crippen molar-refractivity contribution in [2.75, 3.05) is 39.4 Å². The molecule has 1 aromatic heterocycles. The maximum Gasteiger partial charge on any atom is 0.341 e. The normalized spacial score (nSPS) is 21.3. The summed E-state index contributed by atoms with van der Waals surface area (Å²) in [7, 11) is -4.70. The van der Waals surface area contributed by atoms with Crippen LogP contribution in [-0.2, 0) is 26.0 Å². The summed E-state index contributed by atoms with van der Waals surface area (Å²) >= 11 is 12.3. The fourth-order valence-electron chi connectivity index (χ4n) is 7.43. The number of urea groups is 1. The third kappa shape index (κ3) is 7.12. The van der Waals surface area contributed by atoms with Gasteiger partial charge in [-0.25, -0.2) is 17.5 Å². The van der Waals surface area contributed by atoms with E-state index in [1.807, 2.05) is 24.3 Å². The molecule has 0 bridgehead atoms. The number of nitrogens with two attached hydrogens (primary N) is 1. The first kappa shape index (κ1) is 36.2. The monoisotopic (exact) mass is 767 g/mol. The van der Waals surface area contributed by atoms with E-state index < -0.39 is 33.9 Å². The number of sulfonamides is 1. The molecule has 274 valence electrons. The lowest BCUT2D eigenvalue weighted by Gasteiger charge is -2.30. The Balaban J connectivity index is 1.27. The molecule has 3 aromatic carbocycles. The number of hydrogen-bond acceptors (Lipinski definition) is 8. The maximum atomic E-state index is 14.7. The minimum atomic E-state index is -4.70. The van der Waals surface area contributed by atoms with Crippen LogP contribution in [0.3, 0.4) is 0 Å². The van der Waals surface area contributed by atoms with E-state index >= 15 is 0 Å². The summed E-state index contributed by atoms with van der Waals surface area (Å²) in [6.07, 6.45) is 5.14. The number of nitrogens with zero attached hydrogens (tertiary/aromatic N) is 3. The highest BCUT2D eigenvalue weighted by Gasteiger charge is 2.52. The van der Waals surface area contributed by atoms with E-state index in [9.17, 15) is 22.8 Å². The number of benzene rings is 3. The molecule has 2 saturated heterocycles. The molecule has 1 aliphatic carbocycles. The number of amides is 4. The summed E-state index contributed by atoms with van der Waals surface area (Å²) in [6.45, 7) is 1.81. The molecule has 2 aliphatic heterocycles. The maximum absolute atomic E-state index is 14.7. The van der Waals surface area contributed by atoms with Crippen LogP contribution in [0.25, 0.3) is 10.9 Å². The van der Waals surface area contributed by atoms with Crippen LogP contribution in [-0.4, -0.2) is 90.8 Å². The summed E-state index contributed by atoms with van der Waals surface area (Å²) < 4.78 is 41.6. The van der Waals surface area contributed by atoms with Gasteiger partial charge in [0.1, 0.15) is 17.5 Å². The van der Waals surface area contributed by atoms with E-state index in [2.05, 4.69) is 4.98 Å². The standard InChI is InChI=1S/C37H39Cl2N5O7S/c38-30-10-8-26(18-31(30)39)51-34-11-9-27(19-29(34)35(45)42-12-14-50-15-13-42)52(48,49)44-33(17-25-21-41-32-7-2-1-6-28(25)32)36(46)43(37(44)47)22-24-5-3-4-23(16-24)20-40/h1-2,6-11,18-19,21,23-24,33,41H,3-5,12-17,20,22,40H2. The van der Waals surface area contributed by atoms with Crippen molar-refractivity contribution in [1.82, 2.24) is 19.1 Å². The number of morpholine rings is 1. The van der Waals surface area contributed by atoms with Gasteiger partial charge >= 0.3 is 6.03 Å². The molecule has 3 heterocycles. The number of nitrogens with one attached hydrogen (secondary N) is 1. The first-order valence-electron chi connectivity index (χ1n) is 17.3. The van der Waals surface area contributed by atoms with Gasteiger partial charge in [-0.15, -0.1) is 0 Å².